The van der Waals surface area contributed by atoms with Crippen molar-refractivity contribution in [3.63, 3.8) is 0 Å². The molecule has 3 aliphatic carbocycles. The Morgan fingerprint density at radius 2 is 0.871 bits per heavy atom. The highest BCUT2D eigenvalue weighted by Crippen LogP contribution is 2.52. The lowest BCUT2D eigenvalue weighted by molar-refractivity contribution is -0.228. The van der Waals surface area contributed by atoms with Gasteiger partial charge in [-0.3, -0.25) is 0 Å². The highest BCUT2D eigenvalue weighted by atomic mass is 32.1. The van der Waals surface area contributed by atoms with Crippen LogP contribution in [-0.4, -0.2) is 16.8 Å². The first-order valence-corrected chi connectivity index (χ1v) is 36.6. The predicted molar refractivity (Wildman–Crippen MR) is 399 cm³/mol. The van der Waals surface area contributed by atoms with Crippen LogP contribution in [0, 0.1) is 108 Å². The van der Waals surface area contributed by atoms with Crippen molar-refractivity contribution in [3.8, 4) is 31.5 Å². The normalized spacial score (nSPS) is 18.7. The molecule has 0 saturated heterocycles. The van der Waals surface area contributed by atoms with Crippen molar-refractivity contribution in [1.82, 2.24) is 4.98 Å². The molecule has 0 N–H and O–H groups in total. The van der Waals surface area contributed by atoms with Crippen LogP contribution < -0.4 is 0 Å². The molecule has 3 heterocycles. The monoisotopic (exact) mass is 1310 g/mol. The second kappa shape index (κ2) is 33.6. The minimum absolute atomic E-state index is 0.243. The van der Waals surface area contributed by atoms with Gasteiger partial charge in [0.25, 0.3) is 0 Å². The van der Waals surface area contributed by atoms with Gasteiger partial charge in [-0.05, 0) is 305 Å². The van der Waals surface area contributed by atoms with E-state index in [0.29, 0.717) is 31.6 Å². The number of aryl methyl sites for hydroxylation is 9. The van der Waals surface area contributed by atoms with Gasteiger partial charge in [-0.25, -0.2) is 9.37 Å². The zero-order valence-corrected chi connectivity index (χ0v) is 61.9. The number of alkyl halides is 4. The van der Waals surface area contributed by atoms with Gasteiger partial charge in [-0.1, -0.05) is 155 Å². The summed E-state index contributed by atoms with van der Waals surface area (Å²) in [5, 5.41) is 1.10. The molecule has 1 nitrogen and oxygen atoms in total. The summed E-state index contributed by atoms with van der Waals surface area (Å²) in [5.74, 6) is 2.43. The zero-order valence-electron chi connectivity index (χ0n) is 59.5. The smallest absolute Gasteiger partial charge is 0.244 e. The number of halogens is 4. The van der Waals surface area contributed by atoms with E-state index >= 15 is 0 Å². The summed E-state index contributed by atoms with van der Waals surface area (Å²) >= 11 is 5.48. The lowest BCUT2D eigenvalue weighted by Gasteiger charge is -2.39. The Labute approximate surface area is 571 Å². The molecule has 3 saturated carbocycles. The standard InChI is InChI=1S/C17H23F3.C16H23F.C15H18S.C14H20.C13H14S.C10H9NS/c1-11-9-15(10-12(2)13(11)3)14-5-7-16(4,8-6-14)17(18,19)20;1-11-9-15(10-12(2)13(11)3)14-5-7-16(4,17)8-6-14;1-11(2)10-13-5-7-14(8-6-13)15-9-4-12(3)16-15;1-10-8-14(9-11(2)12(10)3)13-6-4-5-7-13;1-9-10(2)13(14-11(9)3)12-7-5-4-6-8-12;1-8-7-11-10(12-8)9-5-3-2-4-6-9/h9-10,14H,5-8H2,1-4H3;9-10,14H,5-8H2,1-4H3;4-9,11H,10H2,1-3H3;8-9,13H,4-7H2,1-3H3;4-8H,1-3H3;2-7H,1H3. The van der Waals surface area contributed by atoms with Crippen LogP contribution in [0.2, 0.25) is 0 Å². The fourth-order valence-electron chi connectivity index (χ4n) is 13.1. The minimum Gasteiger partial charge on any atom is -0.244 e. The van der Waals surface area contributed by atoms with Crippen LogP contribution in [0.4, 0.5) is 17.6 Å². The van der Waals surface area contributed by atoms with Crippen molar-refractivity contribution < 1.29 is 17.6 Å². The van der Waals surface area contributed by atoms with E-state index in [-0.39, 0.29) is 18.8 Å². The molecular weight excluding hydrogens is 1210 g/mol. The van der Waals surface area contributed by atoms with E-state index < -0.39 is 17.3 Å². The fraction of sp³-hybridized carbons (Fsp3) is 0.447. The molecule has 0 spiro atoms. The van der Waals surface area contributed by atoms with Gasteiger partial charge in [0.2, 0.25) is 0 Å². The third-order valence-electron chi connectivity index (χ3n) is 20.4. The maximum atomic E-state index is 13.8. The number of thiophene rings is 2. The van der Waals surface area contributed by atoms with Crippen molar-refractivity contribution in [2.45, 2.75) is 238 Å². The van der Waals surface area contributed by atoms with Crippen LogP contribution in [-0.2, 0) is 6.42 Å². The first-order valence-electron chi connectivity index (χ1n) is 34.2. The van der Waals surface area contributed by atoms with Gasteiger partial charge in [0.1, 0.15) is 10.7 Å². The number of rotatable bonds is 8. The molecule has 3 aliphatic rings. The summed E-state index contributed by atoms with van der Waals surface area (Å²) in [5.41, 5.74) is 22.3. The average Bonchev–Trinajstić information content (AvgIpc) is 1.66. The number of nitrogens with zero attached hydrogens (tertiary/aromatic N) is 1. The molecule has 3 fully saturated rings. The molecule has 0 atom stereocenters. The molecule has 0 bridgehead atoms. The Bertz CT molecular complexity index is 3710. The highest BCUT2D eigenvalue weighted by Gasteiger charge is 2.52. The summed E-state index contributed by atoms with van der Waals surface area (Å²) < 4.78 is 52.9. The summed E-state index contributed by atoms with van der Waals surface area (Å²) in [7, 11) is 0. The zero-order chi connectivity index (χ0) is 68.0. The number of hydrogen-bond donors (Lipinski definition) is 0. The molecule has 6 aromatic carbocycles. The number of thiazole rings is 1. The summed E-state index contributed by atoms with van der Waals surface area (Å²) in [6.45, 7) is 37.9. The van der Waals surface area contributed by atoms with E-state index in [2.05, 4.69) is 231 Å². The highest BCUT2D eigenvalue weighted by molar-refractivity contribution is 7.16. The quantitative estimate of drug-likeness (QED) is 0.138. The molecule has 0 radical (unpaired) electrons. The van der Waals surface area contributed by atoms with Crippen LogP contribution in [0.15, 0.2) is 140 Å². The molecule has 8 heteroatoms. The molecule has 0 unspecified atom stereocenters. The van der Waals surface area contributed by atoms with E-state index in [1.54, 1.807) is 23.8 Å². The minimum atomic E-state index is -4.07. The molecular formula is C85H107F4NS3. The van der Waals surface area contributed by atoms with Gasteiger partial charge < -0.3 is 0 Å². The lowest BCUT2D eigenvalue weighted by atomic mass is 9.69. The van der Waals surface area contributed by atoms with Gasteiger partial charge in [0.15, 0.2) is 0 Å². The van der Waals surface area contributed by atoms with E-state index in [0.717, 1.165) is 29.7 Å². The van der Waals surface area contributed by atoms with Gasteiger partial charge >= 0.3 is 6.18 Å². The van der Waals surface area contributed by atoms with Crippen LogP contribution in [0.5, 0.6) is 0 Å². The van der Waals surface area contributed by atoms with E-state index in [9.17, 15) is 17.6 Å². The maximum absolute atomic E-state index is 13.8. The third-order valence-corrected chi connectivity index (χ3v) is 23.8. The topological polar surface area (TPSA) is 12.9 Å². The van der Waals surface area contributed by atoms with Crippen molar-refractivity contribution in [1.29, 1.82) is 0 Å². The van der Waals surface area contributed by atoms with Gasteiger partial charge in [0, 0.05) is 36.1 Å². The van der Waals surface area contributed by atoms with Crippen LogP contribution in [0.25, 0.3) is 31.5 Å². The Kier molecular flexibility index (Phi) is 26.9. The summed E-state index contributed by atoms with van der Waals surface area (Å²) in [6, 6.07) is 47.9. The lowest BCUT2D eigenvalue weighted by Crippen LogP contribution is -2.38. The van der Waals surface area contributed by atoms with E-state index in [1.165, 1.54) is 158 Å². The van der Waals surface area contributed by atoms with Crippen molar-refractivity contribution in [2.24, 2.45) is 11.3 Å². The van der Waals surface area contributed by atoms with Crippen molar-refractivity contribution in [3.05, 3.63) is 238 Å². The molecule has 498 valence electrons. The van der Waals surface area contributed by atoms with Crippen LogP contribution in [0.3, 0.4) is 0 Å². The Morgan fingerprint density at radius 3 is 1.24 bits per heavy atom. The van der Waals surface area contributed by atoms with Gasteiger partial charge in [0.05, 0.1) is 5.41 Å². The average molecular weight is 1310 g/mol. The van der Waals surface area contributed by atoms with Crippen molar-refractivity contribution >= 4 is 34.0 Å². The summed E-state index contributed by atoms with van der Waals surface area (Å²) in [4.78, 5) is 11.2. The predicted octanol–water partition coefficient (Wildman–Crippen LogP) is 27.5. The van der Waals surface area contributed by atoms with Crippen LogP contribution in [0.1, 0.15) is 221 Å². The van der Waals surface area contributed by atoms with E-state index in [1.807, 2.05) is 47.1 Å². The maximum Gasteiger partial charge on any atom is 0.394 e. The molecule has 9 aromatic rings. The second-order valence-electron chi connectivity index (χ2n) is 28.3. The Hall–Kier alpha value is -5.93. The fourth-order valence-corrected chi connectivity index (χ4v) is 16.0. The van der Waals surface area contributed by atoms with E-state index in [4.69, 9.17) is 0 Å². The Balaban J connectivity index is 0.000000159. The molecule has 3 aromatic heterocycles. The SMILES string of the molecule is Cc1cc(C2CCC(C)(C(F)(F)F)CC2)cc(C)c1C.Cc1cc(C2CCC(C)(F)CC2)cc(C)c1C.Cc1cc(C2CCCC2)cc(C)c1C.Cc1ccc(-c2ccc(CC(C)C)cc2)s1.Cc1cnc(-c2ccccc2)s1.Cc1sc(-c2ccccc2)c(C)c1C. The molecule has 0 aliphatic heterocycles. The summed E-state index contributed by atoms with van der Waals surface area (Å²) in [6.07, 6.45) is 9.85. The number of hydrogen-bond acceptors (Lipinski definition) is 4. The number of benzene rings is 6. The largest absolute Gasteiger partial charge is 0.394 e. The second-order valence-corrected chi connectivity index (χ2v) is 32.0. The van der Waals surface area contributed by atoms with Gasteiger partial charge in [-0.15, -0.1) is 34.0 Å². The molecule has 0 amide bonds. The molecule has 93 heavy (non-hydrogen) atoms. The Morgan fingerprint density at radius 1 is 0.452 bits per heavy atom. The third kappa shape index (κ3) is 21.0. The van der Waals surface area contributed by atoms with Gasteiger partial charge in [-0.2, -0.15) is 13.2 Å². The van der Waals surface area contributed by atoms with Crippen LogP contribution >= 0.6 is 34.0 Å². The van der Waals surface area contributed by atoms with Crippen molar-refractivity contribution in [2.75, 3.05) is 0 Å². The number of aromatic nitrogens is 1. The first kappa shape index (κ1) is 74.5. The first-order chi connectivity index (χ1) is 43.9. The molecule has 12 rings (SSSR count).